The molecule has 1 unspecified atom stereocenters. The van der Waals surface area contributed by atoms with Crippen molar-refractivity contribution in [2.75, 3.05) is 20.1 Å². The number of amides is 1. The van der Waals surface area contributed by atoms with E-state index in [0.717, 1.165) is 0 Å². The summed E-state index contributed by atoms with van der Waals surface area (Å²) in [6.45, 7) is 5.33. The number of carbonyl (C=O) groups excluding carboxylic acids is 2. The molecule has 3 rings (SSSR count). The summed E-state index contributed by atoms with van der Waals surface area (Å²) < 4.78 is 38.7. The number of halogens is 1. The molecule has 0 aliphatic rings. The van der Waals surface area contributed by atoms with Gasteiger partial charge in [0, 0.05) is 32.1 Å². The lowest BCUT2D eigenvalue weighted by Crippen LogP contribution is -2.37. The second-order valence-corrected chi connectivity index (χ2v) is 12.1. The molecule has 40 heavy (non-hydrogen) atoms. The van der Waals surface area contributed by atoms with Crippen molar-refractivity contribution in [2.45, 2.75) is 50.7 Å². The first-order chi connectivity index (χ1) is 19.0. The van der Waals surface area contributed by atoms with Crippen LogP contribution in [0.1, 0.15) is 45.2 Å². The summed E-state index contributed by atoms with van der Waals surface area (Å²) in [6, 6.07) is 21.8. The minimum absolute atomic E-state index is 0.0519. The number of para-hydroxylation sites is 1. The molecule has 0 bridgehead atoms. The van der Waals surface area contributed by atoms with Gasteiger partial charge in [0.05, 0.1) is 23.5 Å². The number of ether oxygens (including phenoxy) is 2. The summed E-state index contributed by atoms with van der Waals surface area (Å²) in [7, 11) is -2.28. The van der Waals surface area contributed by atoms with Gasteiger partial charge in [-0.05, 0) is 74.4 Å². The lowest BCUT2D eigenvalue weighted by Gasteiger charge is -2.32. The van der Waals surface area contributed by atoms with Gasteiger partial charge in [-0.2, -0.15) is 0 Å². The minimum Gasteiger partial charge on any atom is -0.463 e. The van der Waals surface area contributed by atoms with E-state index in [-0.39, 0.29) is 36.4 Å². The zero-order chi connectivity index (χ0) is 29.3. The van der Waals surface area contributed by atoms with Gasteiger partial charge in [-0.25, -0.2) is 12.7 Å². The van der Waals surface area contributed by atoms with Gasteiger partial charge in [0.15, 0.2) is 0 Å². The van der Waals surface area contributed by atoms with Crippen LogP contribution in [0, 0.1) is 0 Å². The fraction of sp³-hybridized carbons (Fsp3) is 0.333. The maximum absolute atomic E-state index is 13.2. The Kier molecular flexibility index (Phi) is 11.1. The van der Waals surface area contributed by atoms with Crippen molar-refractivity contribution in [3.8, 4) is 11.5 Å². The molecule has 0 aliphatic carbocycles. The van der Waals surface area contributed by atoms with Crippen LogP contribution in [-0.4, -0.2) is 55.7 Å². The van der Waals surface area contributed by atoms with Crippen LogP contribution in [0.3, 0.4) is 0 Å². The monoisotopic (exact) mass is 586 g/mol. The molecular formula is C30H35ClN2O6S. The Morgan fingerprint density at radius 1 is 0.900 bits per heavy atom. The van der Waals surface area contributed by atoms with Crippen molar-refractivity contribution in [1.82, 2.24) is 9.21 Å². The summed E-state index contributed by atoms with van der Waals surface area (Å²) in [4.78, 5) is 26.9. The van der Waals surface area contributed by atoms with Crippen molar-refractivity contribution < 1.29 is 27.5 Å². The van der Waals surface area contributed by atoms with Gasteiger partial charge in [0.1, 0.15) is 11.5 Å². The van der Waals surface area contributed by atoms with Gasteiger partial charge in [0.25, 0.3) is 0 Å². The van der Waals surface area contributed by atoms with E-state index in [1.807, 2.05) is 30.3 Å². The molecule has 0 N–H and O–H groups in total. The molecule has 0 radical (unpaired) electrons. The maximum Gasteiger partial charge on any atom is 0.308 e. The molecule has 3 aromatic rings. The highest BCUT2D eigenvalue weighted by Gasteiger charge is 2.28. The Hall–Kier alpha value is -3.40. The third kappa shape index (κ3) is 8.81. The quantitative estimate of drug-likeness (QED) is 0.226. The van der Waals surface area contributed by atoms with Crippen LogP contribution in [0.4, 0.5) is 0 Å². The Morgan fingerprint density at radius 2 is 1.55 bits per heavy atom. The van der Waals surface area contributed by atoms with Crippen LogP contribution < -0.4 is 4.74 Å². The molecule has 0 aromatic heterocycles. The molecule has 8 nitrogen and oxygen atoms in total. The van der Waals surface area contributed by atoms with E-state index in [1.165, 1.54) is 30.4 Å². The number of hydrogen-bond donors (Lipinski definition) is 0. The van der Waals surface area contributed by atoms with E-state index >= 15 is 0 Å². The van der Waals surface area contributed by atoms with Crippen LogP contribution in [0.5, 0.6) is 11.5 Å². The van der Waals surface area contributed by atoms with Crippen molar-refractivity contribution in [3.63, 3.8) is 0 Å². The Morgan fingerprint density at radius 3 is 2.15 bits per heavy atom. The molecular weight excluding hydrogens is 552 g/mol. The molecule has 214 valence electrons. The molecule has 0 fully saturated rings. The number of sulfonamides is 1. The molecule has 0 saturated heterocycles. The third-order valence-corrected chi connectivity index (χ3v) is 8.23. The molecule has 0 aliphatic heterocycles. The zero-order valence-corrected chi connectivity index (χ0v) is 24.7. The number of hydrogen-bond acceptors (Lipinski definition) is 6. The first-order valence-electron chi connectivity index (χ1n) is 13.0. The van der Waals surface area contributed by atoms with E-state index in [1.54, 1.807) is 55.1 Å². The summed E-state index contributed by atoms with van der Waals surface area (Å²) in [5, 5.41) is 0.481. The van der Waals surface area contributed by atoms with Gasteiger partial charge in [-0.3, -0.25) is 9.59 Å². The van der Waals surface area contributed by atoms with Crippen LogP contribution in [0.2, 0.25) is 5.02 Å². The SMILES string of the molecule is CC(=O)N(CCCN(C)S(=O)(=O)c1ccc(Oc2ccccc2)cc1)C(CC(=O)OC(C)C)c1cccc(Cl)c1. The van der Waals surface area contributed by atoms with E-state index in [9.17, 15) is 18.0 Å². The maximum atomic E-state index is 13.2. The Bertz CT molecular complexity index is 1380. The number of carbonyl (C=O) groups is 2. The lowest BCUT2D eigenvalue weighted by molar-refractivity contribution is -0.149. The smallest absolute Gasteiger partial charge is 0.308 e. The average Bonchev–Trinajstić information content (AvgIpc) is 2.90. The first-order valence-corrected chi connectivity index (χ1v) is 14.8. The fourth-order valence-electron chi connectivity index (χ4n) is 4.19. The standard InChI is InChI=1S/C30H35ClN2O6S/c1-22(2)38-30(35)21-29(24-10-8-11-25(31)20-24)33(23(3)34)19-9-18-32(4)40(36,37)28-16-14-27(15-17-28)39-26-12-6-5-7-13-26/h5-8,10-17,20,22,29H,9,18-19,21H2,1-4H3. The zero-order valence-electron chi connectivity index (χ0n) is 23.1. The second kappa shape index (κ2) is 14.3. The highest BCUT2D eigenvalue weighted by atomic mass is 35.5. The van der Waals surface area contributed by atoms with Crippen LogP contribution >= 0.6 is 11.6 Å². The van der Waals surface area contributed by atoms with Gasteiger partial charge >= 0.3 is 5.97 Å². The largest absolute Gasteiger partial charge is 0.463 e. The summed E-state index contributed by atoms with van der Waals surface area (Å²) in [5.74, 6) is 0.485. The van der Waals surface area contributed by atoms with Gasteiger partial charge < -0.3 is 14.4 Å². The van der Waals surface area contributed by atoms with E-state index < -0.39 is 22.0 Å². The molecule has 1 atom stereocenters. The van der Waals surface area contributed by atoms with Crippen molar-refractivity contribution in [1.29, 1.82) is 0 Å². The number of rotatable bonds is 13. The van der Waals surface area contributed by atoms with Gasteiger partial charge in [-0.1, -0.05) is 41.9 Å². The van der Waals surface area contributed by atoms with Crippen LogP contribution in [0.25, 0.3) is 0 Å². The molecule has 0 spiro atoms. The Labute approximate surface area is 241 Å². The van der Waals surface area contributed by atoms with E-state index in [4.69, 9.17) is 21.1 Å². The summed E-state index contributed by atoms with van der Waals surface area (Å²) in [5.41, 5.74) is 0.696. The molecule has 10 heteroatoms. The number of esters is 1. The third-order valence-electron chi connectivity index (χ3n) is 6.12. The number of nitrogens with zero attached hydrogens (tertiary/aromatic N) is 2. The highest BCUT2D eigenvalue weighted by molar-refractivity contribution is 7.89. The van der Waals surface area contributed by atoms with Crippen LogP contribution in [-0.2, 0) is 24.3 Å². The van der Waals surface area contributed by atoms with E-state index in [2.05, 4.69) is 0 Å². The highest BCUT2D eigenvalue weighted by Crippen LogP contribution is 2.28. The van der Waals surface area contributed by atoms with Crippen molar-refractivity contribution in [3.05, 3.63) is 89.4 Å². The minimum atomic E-state index is -3.77. The molecule has 1 amide bonds. The summed E-state index contributed by atoms with van der Waals surface area (Å²) in [6.07, 6.45) is 0.000812. The number of benzene rings is 3. The molecule has 0 saturated carbocycles. The van der Waals surface area contributed by atoms with Gasteiger partial charge in [0.2, 0.25) is 15.9 Å². The topological polar surface area (TPSA) is 93.2 Å². The van der Waals surface area contributed by atoms with E-state index in [0.29, 0.717) is 28.5 Å². The predicted octanol–water partition coefficient (Wildman–Crippen LogP) is 6.07. The molecule has 0 heterocycles. The van der Waals surface area contributed by atoms with Gasteiger partial charge in [-0.15, -0.1) is 0 Å². The van der Waals surface area contributed by atoms with Crippen molar-refractivity contribution in [2.24, 2.45) is 0 Å². The first kappa shape index (κ1) is 31.1. The van der Waals surface area contributed by atoms with Crippen molar-refractivity contribution >= 4 is 33.5 Å². The summed E-state index contributed by atoms with van der Waals surface area (Å²) >= 11 is 6.20. The molecule has 3 aromatic carbocycles. The Balaban J connectivity index is 1.68. The average molecular weight is 587 g/mol. The van der Waals surface area contributed by atoms with Crippen LogP contribution in [0.15, 0.2) is 83.8 Å². The predicted molar refractivity (Wildman–Crippen MR) is 155 cm³/mol. The second-order valence-electron chi connectivity index (χ2n) is 9.59. The fourth-order valence-corrected chi connectivity index (χ4v) is 5.60. The lowest BCUT2D eigenvalue weighted by atomic mass is 10.0. The normalized spacial score (nSPS) is 12.3.